The summed E-state index contributed by atoms with van der Waals surface area (Å²) in [5.41, 5.74) is 1.29. The van der Waals surface area contributed by atoms with Gasteiger partial charge in [0, 0.05) is 5.92 Å². The highest BCUT2D eigenvalue weighted by Crippen LogP contribution is 2.40. The minimum atomic E-state index is -0.351. The van der Waals surface area contributed by atoms with Gasteiger partial charge in [-0.15, -0.1) is 0 Å². The Balaban J connectivity index is 2.65. The zero-order chi connectivity index (χ0) is 13.3. The Morgan fingerprint density at radius 3 is 2.17 bits per heavy atom. The Morgan fingerprint density at radius 1 is 0.944 bits per heavy atom. The maximum absolute atomic E-state index is 10.2. The standard InChI is InChI=1S/C17H22O/c1-12(18)16(17(2,3)4)15-11-7-9-13-8-5-6-10-14(13)15/h5-12,16,18H,1-4H3. The first-order valence-electron chi connectivity index (χ1n) is 6.57. The molecule has 0 fully saturated rings. The number of hydrogen-bond acceptors (Lipinski definition) is 1. The summed E-state index contributed by atoms with van der Waals surface area (Å²) < 4.78 is 0. The first kappa shape index (κ1) is 13.1. The molecule has 0 amide bonds. The van der Waals surface area contributed by atoms with Gasteiger partial charge in [0.15, 0.2) is 0 Å². The number of aliphatic hydroxyl groups is 1. The average molecular weight is 242 g/mol. The number of hydrogen-bond donors (Lipinski definition) is 1. The lowest BCUT2D eigenvalue weighted by Gasteiger charge is -2.34. The Hall–Kier alpha value is -1.34. The molecule has 2 aromatic carbocycles. The summed E-state index contributed by atoms with van der Waals surface area (Å²) in [4.78, 5) is 0. The maximum Gasteiger partial charge on any atom is 0.0585 e. The molecular weight excluding hydrogens is 220 g/mol. The number of fused-ring (bicyclic) bond motifs is 1. The molecule has 2 atom stereocenters. The fraction of sp³-hybridized carbons (Fsp3) is 0.412. The van der Waals surface area contributed by atoms with Gasteiger partial charge in [-0.2, -0.15) is 0 Å². The van der Waals surface area contributed by atoms with Crippen molar-refractivity contribution in [3.05, 3.63) is 48.0 Å². The lowest BCUT2D eigenvalue weighted by Crippen LogP contribution is -2.28. The third-order valence-corrected chi connectivity index (χ3v) is 3.57. The van der Waals surface area contributed by atoms with Gasteiger partial charge in [0.25, 0.3) is 0 Å². The molecule has 0 saturated carbocycles. The van der Waals surface area contributed by atoms with E-state index in [-0.39, 0.29) is 17.4 Å². The molecule has 0 radical (unpaired) electrons. The van der Waals surface area contributed by atoms with Crippen molar-refractivity contribution >= 4 is 10.8 Å². The van der Waals surface area contributed by atoms with Crippen molar-refractivity contribution in [2.24, 2.45) is 5.41 Å². The number of aliphatic hydroxyl groups excluding tert-OH is 1. The van der Waals surface area contributed by atoms with Crippen LogP contribution in [0.5, 0.6) is 0 Å². The van der Waals surface area contributed by atoms with Crippen molar-refractivity contribution in [1.82, 2.24) is 0 Å². The van der Waals surface area contributed by atoms with Crippen LogP contribution in [0.4, 0.5) is 0 Å². The summed E-state index contributed by atoms with van der Waals surface area (Å²) in [5.74, 6) is 0.142. The molecule has 1 nitrogen and oxygen atoms in total. The summed E-state index contributed by atoms with van der Waals surface area (Å²) in [6.07, 6.45) is -0.351. The first-order chi connectivity index (χ1) is 8.41. The third-order valence-electron chi connectivity index (χ3n) is 3.57. The van der Waals surface area contributed by atoms with E-state index in [0.29, 0.717) is 0 Å². The van der Waals surface area contributed by atoms with Gasteiger partial charge >= 0.3 is 0 Å². The zero-order valence-corrected chi connectivity index (χ0v) is 11.6. The number of rotatable bonds is 2. The second kappa shape index (κ2) is 4.74. The van der Waals surface area contributed by atoms with E-state index in [1.54, 1.807) is 0 Å². The van der Waals surface area contributed by atoms with Crippen LogP contribution in [0.15, 0.2) is 42.5 Å². The van der Waals surface area contributed by atoms with Crippen LogP contribution in [0, 0.1) is 5.41 Å². The van der Waals surface area contributed by atoms with Crippen LogP contribution in [0.25, 0.3) is 10.8 Å². The summed E-state index contributed by atoms with van der Waals surface area (Å²) in [6.45, 7) is 8.45. The van der Waals surface area contributed by atoms with Gasteiger partial charge in [-0.1, -0.05) is 63.2 Å². The van der Waals surface area contributed by atoms with Crippen molar-refractivity contribution in [3.8, 4) is 0 Å². The van der Waals surface area contributed by atoms with E-state index in [0.717, 1.165) is 0 Å². The van der Waals surface area contributed by atoms with E-state index in [9.17, 15) is 5.11 Å². The highest BCUT2D eigenvalue weighted by molar-refractivity contribution is 5.86. The van der Waals surface area contributed by atoms with Gasteiger partial charge in [-0.3, -0.25) is 0 Å². The van der Waals surface area contributed by atoms with Gasteiger partial charge in [-0.25, -0.2) is 0 Å². The molecule has 0 aromatic heterocycles. The monoisotopic (exact) mass is 242 g/mol. The van der Waals surface area contributed by atoms with E-state index < -0.39 is 0 Å². The summed E-state index contributed by atoms with van der Waals surface area (Å²) in [6, 6.07) is 14.7. The summed E-state index contributed by atoms with van der Waals surface area (Å²) >= 11 is 0. The molecule has 0 aliphatic heterocycles. The molecule has 18 heavy (non-hydrogen) atoms. The highest BCUT2D eigenvalue weighted by Gasteiger charge is 2.31. The van der Waals surface area contributed by atoms with Crippen LogP contribution in [0.1, 0.15) is 39.2 Å². The van der Waals surface area contributed by atoms with E-state index in [2.05, 4.69) is 63.2 Å². The fourth-order valence-corrected chi connectivity index (χ4v) is 2.97. The molecule has 0 spiro atoms. The van der Waals surface area contributed by atoms with Gasteiger partial charge in [0.2, 0.25) is 0 Å². The SMILES string of the molecule is CC(O)C(c1cccc2ccccc12)C(C)(C)C. The van der Waals surface area contributed by atoms with Crippen LogP contribution in [0.3, 0.4) is 0 Å². The Morgan fingerprint density at radius 2 is 1.56 bits per heavy atom. The largest absolute Gasteiger partial charge is 0.393 e. The van der Waals surface area contributed by atoms with E-state index >= 15 is 0 Å². The minimum absolute atomic E-state index is 0.0400. The molecule has 2 rings (SSSR count). The minimum Gasteiger partial charge on any atom is -0.393 e. The molecule has 1 heteroatoms. The van der Waals surface area contributed by atoms with E-state index in [1.165, 1.54) is 16.3 Å². The average Bonchev–Trinajstić information content (AvgIpc) is 2.27. The lowest BCUT2D eigenvalue weighted by atomic mass is 9.72. The predicted molar refractivity (Wildman–Crippen MR) is 77.8 cm³/mol. The second-order valence-electron chi connectivity index (χ2n) is 6.15. The van der Waals surface area contributed by atoms with Crippen molar-refractivity contribution in [2.45, 2.75) is 39.7 Å². The number of benzene rings is 2. The normalized spacial score (nSPS) is 15.6. The molecule has 0 bridgehead atoms. The topological polar surface area (TPSA) is 20.2 Å². The van der Waals surface area contributed by atoms with E-state index in [1.807, 2.05) is 6.92 Å². The quantitative estimate of drug-likeness (QED) is 0.830. The Bertz CT molecular complexity index is 529. The molecule has 0 aliphatic rings. The van der Waals surface area contributed by atoms with Crippen LogP contribution in [-0.4, -0.2) is 11.2 Å². The first-order valence-corrected chi connectivity index (χ1v) is 6.57. The van der Waals surface area contributed by atoms with Gasteiger partial charge in [0.1, 0.15) is 0 Å². The smallest absolute Gasteiger partial charge is 0.0585 e. The van der Waals surface area contributed by atoms with Gasteiger partial charge in [-0.05, 0) is 28.7 Å². The van der Waals surface area contributed by atoms with Crippen LogP contribution in [0.2, 0.25) is 0 Å². The Kier molecular flexibility index (Phi) is 3.45. The maximum atomic E-state index is 10.2. The molecule has 2 unspecified atom stereocenters. The fourth-order valence-electron chi connectivity index (χ4n) is 2.97. The molecule has 2 aromatic rings. The van der Waals surface area contributed by atoms with Gasteiger partial charge in [0.05, 0.1) is 6.10 Å². The molecule has 96 valence electrons. The van der Waals surface area contributed by atoms with E-state index in [4.69, 9.17) is 0 Å². The van der Waals surface area contributed by atoms with Crippen LogP contribution in [-0.2, 0) is 0 Å². The Labute approximate surface area is 109 Å². The van der Waals surface area contributed by atoms with Gasteiger partial charge < -0.3 is 5.11 Å². The van der Waals surface area contributed by atoms with Crippen molar-refractivity contribution < 1.29 is 5.11 Å². The predicted octanol–water partition coefficient (Wildman–Crippen LogP) is 4.35. The van der Waals surface area contributed by atoms with Crippen LogP contribution >= 0.6 is 0 Å². The summed E-state index contributed by atoms with van der Waals surface area (Å²) in [7, 11) is 0. The molecule has 0 aliphatic carbocycles. The molecule has 0 saturated heterocycles. The molecular formula is C17H22O. The van der Waals surface area contributed by atoms with Crippen molar-refractivity contribution in [3.63, 3.8) is 0 Å². The third kappa shape index (κ3) is 2.41. The lowest BCUT2D eigenvalue weighted by molar-refractivity contribution is 0.105. The van der Waals surface area contributed by atoms with Crippen molar-refractivity contribution in [1.29, 1.82) is 0 Å². The second-order valence-corrected chi connectivity index (χ2v) is 6.15. The molecule has 0 heterocycles. The van der Waals surface area contributed by atoms with Crippen molar-refractivity contribution in [2.75, 3.05) is 0 Å². The summed E-state index contributed by atoms with van der Waals surface area (Å²) in [5, 5.41) is 12.7. The molecule has 1 N–H and O–H groups in total. The zero-order valence-electron chi connectivity index (χ0n) is 11.6. The van der Waals surface area contributed by atoms with Crippen LogP contribution < -0.4 is 0 Å². The highest BCUT2D eigenvalue weighted by atomic mass is 16.3.